The van der Waals surface area contributed by atoms with Gasteiger partial charge in [-0.15, -0.1) is 11.3 Å². The number of nitrogens with zero attached hydrogens (tertiary/aromatic N) is 1. The molecule has 0 bridgehead atoms. The fourth-order valence-electron chi connectivity index (χ4n) is 2.65. The van der Waals surface area contributed by atoms with Gasteiger partial charge in [0.25, 0.3) is 0 Å². The van der Waals surface area contributed by atoms with E-state index in [1.807, 2.05) is 18.2 Å². The van der Waals surface area contributed by atoms with Gasteiger partial charge in [-0.2, -0.15) is 0 Å². The summed E-state index contributed by atoms with van der Waals surface area (Å²) in [5.41, 5.74) is 1.09. The molecule has 0 unspecified atom stereocenters. The molecule has 1 aliphatic rings. The van der Waals surface area contributed by atoms with Crippen molar-refractivity contribution in [2.24, 2.45) is 0 Å². The predicted octanol–water partition coefficient (Wildman–Crippen LogP) is 4.30. The van der Waals surface area contributed by atoms with E-state index in [-0.39, 0.29) is 11.9 Å². The van der Waals surface area contributed by atoms with Crippen LogP contribution in [-0.2, 0) is 0 Å². The highest BCUT2D eigenvalue weighted by Crippen LogP contribution is 2.36. The molecule has 1 atom stereocenters. The fraction of sp³-hybridized carbons (Fsp3) is 0.333. The van der Waals surface area contributed by atoms with Crippen LogP contribution >= 0.6 is 38.9 Å². The van der Waals surface area contributed by atoms with Gasteiger partial charge in [0.1, 0.15) is 5.82 Å². The number of nitrogens with one attached hydrogen (secondary N) is 1. The highest BCUT2D eigenvalue weighted by Gasteiger charge is 2.25. The molecule has 3 rings (SSSR count). The maximum absolute atomic E-state index is 13.5. The van der Waals surface area contributed by atoms with Crippen molar-refractivity contribution >= 4 is 38.9 Å². The SMILES string of the molecule is Fc1ccc([C@@H](c2ccc(Cl)s2)N2CCNCC2)cc1Br. The Hall–Kier alpha value is -0.460. The summed E-state index contributed by atoms with van der Waals surface area (Å²) in [6.45, 7) is 3.88. The summed E-state index contributed by atoms with van der Waals surface area (Å²) in [6.07, 6.45) is 0. The smallest absolute Gasteiger partial charge is 0.137 e. The molecule has 1 aliphatic heterocycles. The number of hydrogen-bond acceptors (Lipinski definition) is 3. The standard InChI is InChI=1S/C15H15BrClFN2S/c16-11-9-10(1-2-12(11)18)15(13-3-4-14(17)21-13)20-7-5-19-6-8-20/h1-4,9,15,19H,5-8H2/t15-/m0/s1. The van der Waals surface area contributed by atoms with Crippen LogP contribution in [0.4, 0.5) is 4.39 Å². The summed E-state index contributed by atoms with van der Waals surface area (Å²) < 4.78 is 14.8. The van der Waals surface area contributed by atoms with E-state index in [4.69, 9.17) is 11.6 Å². The molecule has 1 aromatic carbocycles. The molecule has 0 amide bonds. The molecule has 0 aliphatic carbocycles. The van der Waals surface area contributed by atoms with Crippen LogP contribution in [0.1, 0.15) is 16.5 Å². The number of halogens is 3. The molecule has 1 saturated heterocycles. The topological polar surface area (TPSA) is 15.3 Å². The average molecular weight is 390 g/mol. The minimum absolute atomic E-state index is 0.126. The summed E-state index contributed by atoms with van der Waals surface area (Å²) in [5.74, 6) is -0.234. The van der Waals surface area contributed by atoms with Crippen molar-refractivity contribution in [3.8, 4) is 0 Å². The lowest BCUT2D eigenvalue weighted by atomic mass is 10.0. The van der Waals surface area contributed by atoms with E-state index in [9.17, 15) is 4.39 Å². The Morgan fingerprint density at radius 1 is 1.24 bits per heavy atom. The lowest BCUT2D eigenvalue weighted by Crippen LogP contribution is -2.45. The number of benzene rings is 1. The second-order valence-corrected chi connectivity index (χ2v) is 7.60. The molecule has 0 spiro atoms. The van der Waals surface area contributed by atoms with Gasteiger partial charge < -0.3 is 5.32 Å². The number of thiophene rings is 1. The number of piperazine rings is 1. The van der Waals surface area contributed by atoms with Crippen LogP contribution in [-0.4, -0.2) is 31.1 Å². The van der Waals surface area contributed by atoms with E-state index >= 15 is 0 Å². The Morgan fingerprint density at radius 3 is 2.62 bits per heavy atom. The summed E-state index contributed by atoms with van der Waals surface area (Å²) in [4.78, 5) is 3.61. The zero-order chi connectivity index (χ0) is 14.8. The molecule has 2 heterocycles. The Morgan fingerprint density at radius 2 is 2.00 bits per heavy atom. The quantitative estimate of drug-likeness (QED) is 0.842. The zero-order valence-corrected chi connectivity index (χ0v) is 14.4. The van der Waals surface area contributed by atoms with Gasteiger partial charge in [0.15, 0.2) is 0 Å². The van der Waals surface area contributed by atoms with Gasteiger partial charge in [0.05, 0.1) is 14.9 Å². The Kier molecular flexibility index (Phi) is 4.96. The lowest BCUT2D eigenvalue weighted by Gasteiger charge is -2.34. The first kappa shape index (κ1) is 15.4. The van der Waals surface area contributed by atoms with Gasteiger partial charge in [-0.3, -0.25) is 4.90 Å². The largest absolute Gasteiger partial charge is 0.314 e. The van der Waals surface area contributed by atoms with E-state index < -0.39 is 0 Å². The summed E-state index contributed by atoms with van der Waals surface area (Å²) >= 11 is 11.0. The molecule has 2 aromatic rings. The van der Waals surface area contributed by atoms with Crippen LogP contribution in [0.15, 0.2) is 34.8 Å². The highest BCUT2D eigenvalue weighted by atomic mass is 79.9. The molecular formula is C15H15BrClFN2S. The monoisotopic (exact) mass is 388 g/mol. The maximum Gasteiger partial charge on any atom is 0.137 e. The second kappa shape index (κ2) is 6.75. The molecule has 2 nitrogen and oxygen atoms in total. The van der Waals surface area contributed by atoms with Crippen molar-refractivity contribution in [3.63, 3.8) is 0 Å². The average Bonchev–Trinajstić information content (AvgIpc) is 2.90. The third kappa shape index (κ3) is 3.48. The van der Waals surface area contributed by atoms with Crippen LogP contribution < -0.4 is 5.32 Å². The van der Waals surface area contributed by atoms with Crippen LogP contribution in [0.2, 0.25) is 4.34 Å². The third-order valence-corrected chi connectivity index (χ3v) is 5.53. The van der Waals surface area contributed by atoms with E-state index in [0.29, 0.717) is 4.47 Å². The minimum atomic E-state index is -0.234. The molecule has 1 fully saturated rings. The van der Waals surface area contributed by atoms with Crippen LogP contribution in [0.3, 0.4) is 0 Å². The third-order valence-electron chi connectivity index (χ3n) is 3.64. The van der Waals surface area contributed by atoms with Crippen molar-refractivity contribution in [2.45, 2.75) is 6.04 Å². The van der Waals surface area contributed by atoms with Crippen molar-refractivity contribution in [1.29, 1.82) is 0 Å². The molecule has 0 saturated carbocycles. The van der Waals surface area contributed by atoms with Gasteiger partial charge in [-0.05, 0) is 45.8 Å². The van der Waals surface area contributed by atoms with Crippen molar-refractivity contribution in [1.82, 2.24) is 10.2 Å². The molecule has 112 valence electrons. The van der Waals surface area contributed by atoms with E-state index in [1.54, 1.807) is 11.3 Å². The minimum Gasteiger partial charge on any atom is -0.314 e. The normalized spacial score (nSPS) is 17.9. The van der Waals surface area contributed by atoms with Gasteiger partial charge in [0.2, 0.25) is 0 Å². The molecule has 1 aromatic heterocycles. The summed E-state index contributed by atoms with van der Waals surface area (Å²) in [7, 11) is 0. The zero-order valence-electron chi connectivity index (χ0n) is 11.3. The summed E-state index contributed by atoms with van der Waals surface area (Å²) in [6, 6.07) is 9.37. The van der Waals surface area contributed by atoms with E-state index in [0.717, 1.165) is 36.1 Å². The first-order valence-electron chi connectivity index (χ1n) is 6.80. The molecule has 1 N–H and O–H groups in total. The van der Waals surface area contributed by atoms with Crippen LogP contribution in [0.5, 0.6) is 0 Å². The number of rotatable bonds is 3. The fourth-order valence-corrected chi connectivity index (χ4v) is 4.27. The predicted molar refractivity (Wildman–Crippen MR) is 89.7 cm³/mol. The molecule has 21 heavy (non-hydrogen) atoms. The maximum atomic E-state index is 13.5. The van der Waals surface area contributed by atoms with Gasteiger partial charge in [-0.25, -0.2) is 4.39 Å². The van der Waals surface area contributed by atoms with Gasteiger partial charge >= 0.3 is 0 Å². The number of hydrogen-bond donors (Lipinski definition) is 1. The molecule has 0 radical (unpaired) electrons. The first-order chi connectivity index (χ1) is 10.1. The second-order valence-electron chi connectivity index (χ2n) is 5.00. The van der Waals surface area contributed by atoms with Gasteiger partial charge in [0, 0.05) is 31.1 Å². The van der Waals surface area contributed by atoms with E-state index in [2.05, 4.69) is 32.2 Å². The Balaban J connectivity index is 2.00. The summed E-state index contributed by atoms with van der Waals surface area (Å²) in [5, 5.41) is 3.36. The van der Waals surface area contributed by atoms with Crippen molar-refractivity contribution in [3.05, 3.63) is 55.4 Å². The Labute approximate surface area is 141 Å². The lowest BCUT2D eigenvalue weighted by molar-refractivity contribution is 0.200. The molecular weight excluding hydrogens is 375 g/mol. The molecule has 6 heteroatoms. The first-order valence-corrected chi connectivity index (χ1v) is 8.79. The van der Waals surface area contributed by atoms with Crippen LogP contribution in [0.25, 0.3) is 0 Å². The van der Waals surface area contributed by atoms with Crippen molar-refractivity contribution in [2.75, 3.05) is 26.2 Å². The highest BCUT2D eigenvalue weighted by molar-refractivity contribution is 9.10. The van der Waals surface area contributed by atoms with Crippen molar-refractivity contribution < 1.29 is 4.39 Å². The van der Waals surface area contributed by atoms with Crippen LogP contribution in [0, 0.1) is 5.82 Å². The van der Waals surface area contributed by atoms with E-state index in [1.165, 1.54) is 10.9 Å². The Bertz CT molecular complexity index is 628. The van der Waals surface area contributed by atoms with Gasteiger partial charge in [-0.1, -0.05) is 17.7 Å².